The Hall–Kier alpha value is -3.13. The van der Waals surface area contributed by atoms with Crippen molar-refractivity contribution in [3.63, 3.8) is 0 Å². The molecular weight excluding hydrogens is 424 g/mol. The number of nitrogens with zero attached hydrogens (tertiary/aromatic N) is 2. The molecule has 2 nitrogen and oxygen atoms in total. The largest absolute Gasteiger partial charge is 0.307 e. The van der Waals surface area contributed by atoms with Crippen LogP contribution in [-0.2, 0) is 7.05 Å². The van der Waals surface area contributed by atoms with Crippen molar-refractivity contribution in [2.24, 2.45) is 12.5 Å². The first-order valence-corrected chi connectivity index (χ1v) is 13.3. The Kier molecular flexibility index (Phi) is 4.22. The lowest BCUT2D eigenvalue weighted by Crippen LogP contribution is -2.29. The van der Waals surface area contributed by atoms with E-state index in [-0.39, 0.29) is 0 Å². The fraction of sp³-hybridized carbons (Fsp3) is 0.364. The molecule has 176 valence electrons. The van der Waals surface area contributed by atoms with Crippen LogP contribution in [0.25, 0.3) is 49.0 Å². The molecule has 0 atom stereocenters. The van der Waals surface area contributed by atoms with Crippen LogP contribution < -0.4 is 4.57 Å². The van der Waals surface area contributed by atoms with Gasteiger partial charge in [-0.05, 0) is 104 Å². The first-order chi connectivity index (χ1) is 16.7. The van der Waals surface area contributed by atoms with Gasteiger partial charge in [0.25, 0.3) is 0 Å². The zero-order valence-electron chi connectivity index (χ0n) is 21.9. The minimum atomic E-state index is 0.483. The van der Waals surface area contributed by atoms with Crippen molar-refractivity contribution in [1.82, 2.24) is 4.40 Å². The van der Waals surface area contributed by atoms with Gasteiger partial charge in [-0.2, -0.15) is 0 Å². The molecule has 1 aliphatic carbocycles. The van der Waals surface area contributed by atoms with Crippen LogP contribution in [0.2, 0.25) is 0 Å². The minimum Gasteiger partial charge on any atom is -0.307 e. The average Bonchev–Trinajstić information content (AvgIpc) is 3.15. The van der Waals surface area contributed by atoms with Crippen LogP contribution in [0.15, 0.2) is 48.7 Å². The molecule has 2 heteroatoms. The van der Waals surface area contributed by atoms with E-state index in [9.17, 15) is 0 Å². The number of aromatic nitrogens is 2. The molecule has 0 saturated heterocycles. The zero-order valence-corrected chi connectivity index (χ0v) is 21.9. The lowest BCUT2D eigenvalue weighted by Gasteiger charge is -2.34. The Labute approximate surface area is 207 Å². The summed E-state index contributed by atoms with van der Waals surface area (Å²) < 4.78 is 4.95. The van der Waals surface area contributed by atoms with E-state index in [0.717, 1.165) is 0 Å². The van der Waals surface area contributed by atoms with E-state index in [0.29, 0.717) is 11.3 Å². The summed E-state index contributed by atoms with van der Waals surface area (Å²) in [5.74, 6) is 0.654. The van der Waals surface area contributed by atoms with Crippen LogP contribution in [0.3, 0.4) is 0 Å². The fourth-order valence-electron chi connectivity index (χ4n) is 7.12. The maximum Gasteiger partial charge on any atom is 0.224 e. The van der Waals surface area contributed by atoms with Crippen LogP contribution in [0.4, 0.5) is 0 Å². The summed E-state index contributed by atoms with van der Waals surface area (Å²) in [7, 11) is 2.22. The van der Waals surface area contributed by atoms with E-state index in [1.807, 2.05) is 0 Å². The van der Waals surface area contributed by atoms with E-state index < -0.39 is 0 Å². The predicted octanol–water partition coefficient (Wildman–Crippen LogP) is 8.42. The molecule has 6 aromatic rings. The van der Waals surface area contributed by atoms with Crippen LogP contribution in [0.5, 0.6) is 0 Å². The molecule has 1 fully saturated rings. The Balaban J connectivity index is 1.71. The van der Waals surface area contributed by atoms with E-state index in [1.54, 1.807) is 0 Å². The Morgan fingerprint density at radius 2 is 1.63 bits per heavy atom. The summed E-state index contributed by atoms with van der Waals surface area (Å²) >= 11 is 0. The van der Waals surface area contributed by atoms with Crippen LogP contribution in [-0.4, -0.2) is 4.40 Å². The molecule has 0 bridgehead atoms. The van der Waals surface area contributed by atoms with Gasteiger partial charge < -0.3 is 4.40 Å². The van der Waals surface area contributed by atoms with Gasteiger partial charge in [0.05, 0.1) is 27.3 Å². The molecular formula is C33H35N2+. The number of fused-ring (bicyclic) bond motifs is 5. The molecule has 7 rings (SSSR count). The third-order valence-electron chi connectivity index (χ3n) is 9.33. The van der Waals surface area contributed by atoms with Crippen LogP contribution in [0, 0.1) is 26.2 Å². The van der Waals surface area contributed by atoms with Crippen molar-refractivity contribution in [3.8, 4) is 0 Å². The van der Waals surface area contributed by atoms with E-state index in [1.165, 1.54) is 96.9 Å². The molecule has 0 amide bonds. The molecule has 35 heavy (non-hydrogen) atoms. The Morgan fingerprint density at radius 1 is 0.857 bits per heavy atom. The summed E-state index contributed by atoms with van der Waals surface area (Å²) in [4.78, 5) is 0. The third-order valence-corrected chi connectivity index (χ3v) is 9.33. The van der Waals surface area contributed by atoms with E-state index in [4.69, 9.17) is 0 Å². The highest BCUT2D eigenvalue weighted by Gasteiger charge is 2.30. The summed E-state index contributed by atoms with van der Waals surface area (Å²) in [6.07, 6.45) is 7.49. The third kappa shape index (κ3) is 2.80. The zero-order chi connectivity index (χ0) is 24.2. The predicted molar refractivity (Wildman–Crippen MR) is 149 cm³/mol. The minimum absolute atomic E-state index is 0.483. The highest BCUT2D eigenvalue weighted by Crippen LogP contribution is 2.46. The second-order valence-electron chi connectivity index (χ2n) is 12.1. The number of pyridine rings is 2. The quantitative estimate of drug-likeness (QED) is 0.132. The maximum atomic E-state index is 2.60. The first-order valence-electron chi connectivity index (χ1n) is 13.3. The Morgan fingerprint density at radius 3 is 2.40 bits per heavy atom. The summed E-state index contributed by atoms with van der Waals surface area (Å²) in [5.41, 5.74) is 11.6. The van der Waals surface area contributed by atoms with Crippen molar-refractivity contribution >= 4 is 49.0 Å². The van der Waals surface area contributed by atoms with Crippen molar-refractivity contribution in [2.75, 3.05) is 0 Å². The van der Waals surface area contributed by atoms with Crippen molar-refractivity contribution in [3.05, 3.63) is 70.9 Å². The van der Waals surface area contributed by atoms with Crippen LogP contribution >= 0.6 is 0 Å². The molecule has 3 heterocycles. The summed E-state index contributed by atoms with van der Waals surface area (Å²) in [6, 6.07) is 16.6. The van der Waals surface area contributed by atoms with Crippen molar-refractivity contribution < 1.29 is 4.57 Å². The molecule has 0 aliphatic heterocycles. The average molecular weight is 460 g/mol. The SMILES string of the molecule is Cc1cc2c3c(C)cccc3n3c4cc(C5CCC(C)(C)CC5)cc5cc[n+](C)c(c(c1C)c23)c54. The van der Waals surface area contributed by atoms with Gasteiger partial charge in [0, 0.05) is 16.8 Å². The van der Waals surface area contributed by atoms with Crippen molar-refractivity contribution in [2.45, 2.75) is 66.2 Å². The highest BCUT2D eigenvalue weighted by molar-refractivity contribution is 6.26. The normalized spacial score (nSPS) is 17.1. The molecule has 0 unspecified atom stereocenters. The van der Waals surface area contributed by atoms with Gasteiger partial charge in [-0.15, -0.1) is 0 Å². The summed E-state index contributed by atoms with van der Waals surface area (Å²) in [5, 5.41) is 6.98. The van der Waals surface area contributed by atoms with Crippen molar-refractivity contribution in [1.29, 1.82) is 0 Å². The van der Waals surface area contributed by atoms with E-state index in [2.05, 4.69) is 99.3 Å². The first kappa shape index (κ1) is 21.2. The Bertz CT molecular complexity index is 1800. The molecule has 1 saturated carbocycles. The maximum absolute atomic E-state index is 2.60. The van der Waals surface area contributed by atoms with Gasteiger partial charge in [-0.1, -0.05) is 32.0 Å². The lowest BCUT2D eigenvalue weighted by molar-refractivity contribution is -0.643. The van der Waals surface area contributed by atoms with Gasteiger partial charge >= 0.3 is 0 Å². The van der Waals surface area contributed by atoms with Gasteiger partial charge in [0.15, 0.2) is 6.20 Å². The van der Waals surface area contributed by atoms with Gasteiger partial charge in [0.1, 0.15) is 7.05 Å². The molecule has 0 N–H and O–H groups in total. The second kappa shape index (κ2) is 6.97. The molecule has 3 aromatic heterocycles. The lowest BCUT2D eigenvalue weighted by atomic mass is 9.71. The number of rotatable bonds is 1. The van der Waals surface area contributed by atoms with Gasteiger partial charge in [-0.3, -0.25) is 0 Å². The topological polar surface area (TPSA) is 8.29 Å². The number of benzene rings is 3. The molecule has 1 aliphatic rings. The van der Waals surface area contributed by atoms with Gasteiger partial charge in [-0.25, -0.2) is 4.57 Å². The fourth-order valence-corrected chi connectivity index (χ4v) is 7.12. The molecule has 3 aromatic carbocycles. The smallest absolute Gasteiger partial charge is 0.224 e. The monoisotopic (exact) mass is 459 g/mol. The van der Waals surface area contributed by atoms with E-state index >= 15 is 0 Å². The summed E-state index contributed by atoms with van der Waals surface area (Å²) in [6.45, 7) is 11.7. The number of aryl methyl sites for hydroxylation is 4. The van der Waals surface area contributed by atoms with Gasteiger partial charge in [0.2, 0.25) is 5.52 Å². The molecule has 0 spiro atoms. The molecule has 0 radical (unpaired) electrons. The van der Waals surface area contributed by atoms with Crippen LogP contribution in [0.1, 0.15) is 67.7 Å². The number of hydrogen-bond donors (Lipinski definition) is 0. The standard InChI is InChI=1S/C33H35N2/c1-19-8-7-9-26-28(19)25-16-20(2)21(3)29-31(25)35(26)27-18-24(22-10-13-33(4,5)14-11-22)17-23-12-15-34(6)32(29)30(23)27/h7-9,12,15-18,22H,10-11,13-14H2,1-6H3/q+1. The highest BCUT2D eigenvalue weighted by atomic mass is 15.0. The second-order valence-corrected chi connectivity index (χ2v) is 12.1. The number of hydrogen-bond acceptors (Lipinski definition) is 0.